The molecule has 5 aromatic rings. The normalized spacial score (nSPS) is 11.4. The summed E-state index contributed by atoms with van der Waals surface area (Å²) in [5, 5.41) is 15.9. The van der Waals surface area contributed by atoms with Crippen molar-refractivity contribution in [1.29, 1.82) is 0 Å². The first-order valence-corrected chi connectivity index (χ1v) is 9.21. The highest BCUT2D eigenvalue weighted by molar-refractivity contribution is 9.10. The van der Waals surface area contributed by atoms with Gasteiger partial charge in [-0.05, 0) is 40.4 Å². The SMILES string of the molecule is Oc1cccc2c1c(-c1cccc(Br)c1)nc1ccc3ccccc3c12. The van der Waals surface area contributed by atoms with Crippen molar-refractivity contribution in [3.05, 3.63) is 83.3 Å². The lowest BCUT2D eigenvalue weighted by Crippen LogP contribution is -1.91. The van der Waals surface area contributed by atoms with Crippen LogP contribution in [0.4, 0.5) is 0 Å². The number of aromatic nitrogens is 1. The van der Waals surface area contributed by atoms with Gasteiger partial charge in [-0.25, -0.2) is 4.98 Å². The molecule has 3 heteroatoms. The minimum absolute atomic E-state index is 0.250. The third-order valence-electron chi connectivity index (χ3n) is 4.79. The molecule has 1 aromatic heterocycles. The van der Waals surface area contributed by atoms with Gasteiger partial charge in [0.1, 0.15) is 5.75 Å². The Hall–Kier alpha value is -2.91. The highest BCUT2D eigenvalue weighted by Crippen LogP contribution is 2.40. The van der Waals surface area contributed by atoms with E-state index in [1.54, 1.807) is 6.07 Å². The van der Waals surface area contributed by atoms with Crippen LogP contribution in [0.3, 0.4) is 0 Å². The minimum Gasteiger partial charge on any atom is -0.507 e. The first kappa shape index (κ1) is 15.4. The lowest BCUT2D eigenvalue weighted by Gasteiger charge is -2.13. The van der Waals surface area contributed by atoms with Crippen LogP contribution in [0.15, 0.2) is 83.3 Å². The first-order valence-electron chi connectivity index (χ1n) is 8.41. The van der Waals surface area contributed by atoms with E-state index in [9.17, 15) is 5.11 Å². The zero-order valence-corrected chi connectivity index (χ0v) is 15.4. The summed E-state index contributed by atoms with van der Waals surface area (Å²) in [4.78, 5) is 4.94. The third kappa shape index (κ3) is 2.28. The predicted octanol–water partition coefficient (Wildman–Crippen LogP) is 6.68. The van der Waals surface area contributed by atoms with Gasteiger partial charge in [0, 0.05) is 15.4 Å². The Kier molecular flexibility index (Phi) is 3.44. The number of phenols is 1. The highest BCUT2D eigenvalue weighted by atomic mass is 79.9. The van der Waals surface area contributed by atoms with Crippen molar-refractivity contribution in [3.8, 4) is 17.0 Å². The summed E-state index contributed by atoms with van der Waals surface area (Å²) in [5.74, 6) is 0.250. The molecule has 0 atom stereocenters. The van der Waals surface area contributed by atoms with Gasteiger partial charge < -0.3 is 5.11 Å². The van der Waals surface area contributed by atoms with E-state index in [-0.39, 0.29) is 5.75 Å². The van der Waals surface area contributed by atoms with Crippen LogP contribution < -0.4 is 0 Å². The number of nitrogens with zero attached hydrogens (tertiary/aromatic N) is 1. The highest BCUT2D eigenvalue weighted by Gasteiger charge is 2.15. The van der Waals surface area contributed by atoms with Crippen molar-refractivity contribution >= 4 is 48.4 Å². The molecule has 0 aliphatic carbocycles. The topological polar surface area (TPSA) is 33.1 Å². The van der Waals surface area contributed by atoms with Gasteiger partial charge >= 0.3 is 0 Å². The Bertz CT molecular complexity index is 1310. The van der Waals surface area contributed by atoms with Gasteiger partial charge in [-0.2, -0.15) is 0 Å². The number of aromatic hydroxyl groups is 1. The second-order valence-corrected chi connectivity index (χ2v) is 7.27. The molecule has 0 fully saturated rings. The van der Waals surface area contributed by atoms with Crippen LogP contribution >= 0.6 is 15.9 Å². The van der Waals surface area contributed by atoms with Crippen LogP contribution in [-0.2, 0) is 0 Å². The van der Waals surface area contributed by atoms with Crippen molar-refractivity contribution in [2.24, 2.45) is 0 Å². The van der Waals surface area contributed by atoms with Crippen LogP contribution in [-0.4, -0.2) is 10.1 Å². The number of pyridine rings is 1. The lowest BCUT2D eigenvalue weighted by atomic mass is 9.96. The van der Waals surface area contributed by atoms with E-state index >= 15 is 0 Å². The summed E-state index contributed by atoms with van der Waals surface area (Å²) in [5.41, 5.74) is 2.69. The molecule has 0 aliphatic rings. The van der Waals surface area contributed by atoms with Crippen molar-refractivity contribution < 1.29 is 5.11 Å². The molecule has 4 aromatic carbocycles. The zero-order chi connectivity index (χ0) is 17.7. The van der Waals surface area contributed by atoms with E-state index < -0.39 is 0 Å². The fourth-order valence-corrected chi connectivity index (χ4v) is 4.05. The molecule has 0 radical (unpaired) electrons. The molecular weight excluding hydrogens is 386 g/mol. The smallest absolute Gasteiger partial charge is 0.125 e. The number of halogens is 1. The largest absolute Gasteiger partial charge is 0.507 e. The van der Waals surface area contributed by atoms with E-state index in [0.29, 0.717) is 0 Å². The van der Waals surface area contributed by atoms with Gasteiger partial charge in [0.2, 0.25) is 0 Å². The van der Waals surface area contributed by atoms with Crippen LogP contribution in [0.25, 0.3) is 43.7 Å². The molecule has 26 heavy (non-hydrogen) atoms. The fourth-order valence-electron chi connectivity index (χ4n) is 3.65. The maximum atomic E-state index is 10.7. The summed E-state index contributed by atoms with van der Waals surface area (Å²) >= 11 is 3.53. The van der Waals surface area contributed by atoms with E-state index in [2.05, 4.69) is 46.3 Å². The van der Waals surface area contributed by atoms with Gasteiger partial charge in [0.05, 0.1) is 16.6 Å². The first-order chi connectivity index (χ1) is 12.7. The summed E-state index contributed by atoms with van der Waals surface area (Å²) in [6.45, 7) is 0. The average molecular weight is 400 g/mol. The standard InChI is InChI=1S/C23H14BrNO/c24-16-7-3-6-15(13-16)23-22-18(9-4-10-20(22)26)21-17-8-2-1-5-14(17)11-12-19(21)25-23/h1-13,26H. The molecule has 0 spiro atoms. The molecule has 0 amide bonds. The zero-order valence-electron chi connectivity index (χ0n) is 13.8. The van der Waals surface area contributed by atoms with Gasteiger partial charge in [0.25, 0.3) is 0 Å². The summed E-state index contributed by atoms with van der Waals surface area (Å²) < 4.78 is 0.985. The molecule has 0 bridgehead atoms. The number of hydrogen-bond acceptors (Lipinski definition) is 2. The monoisotopic (exact) mass is 399 g/mol. The Morgan fingerprint density at radius 3 is 2.42 bits per heavy atom. The summed E-state index contributed by atoms with van der Waals surface area (Å²) in [6, 6.07) is 26.2. The third-order valence-corrected chi connectivity index (χ3v) is 5.28. The van der Waals surface area contributed by atoms with Crippen LogP contribution in [0.2, 0.25) is 0 Å². The maximum Gasteiger partial charge on any atom is 0.125 e. The van der Waals surface area contributed by atoms with Crippen molar-refractivity contribution in [3.63, 3.8) is 0 Å². The minimum atomic E-state index is 0.250. The molecule has 0 unspecified atom stereocenters. The fraction of sp³-hybridized carbons (Fsp3) is 0. The Balaban J connectivity index is 2.03. The number of hydrogen-bond donors (Lipinski definition) is 1. The average Bonchev–Trinajstić information content (AvgIpc) is 2.67. The van der Waals surface area contributed by atoms with E-state index in [1.165, 1.54) is 5.39 Å². The molecule has 0 saturated carbocycles. The van der Waals surface area contributed by atoms with E-state index in [4.69, 9.17) is 4.98 Å². The van der Waals surface area contributed by atoms with Crippen LogP contribution in [0.5, 0.6) is 5.75 Å². The van der Waals surface area contributed by atoms with E-state index in [1.807, 2.05) is 42.5 Å². The molecule has 1 heterocycles. The quantitative estimate of drug-likeness (QED) is 0.319. The molecule has 1 N–H and O–H groups in total. The van der Waals surface area contributed by atoms with Crippen LogP contribution in [0, 0.1) is 0 Å². The molecule has 124 valence electrons. The van der Waals surface area contributed by atoms with Gasteiger partial charge in [-0.15, -0.1) is 0 Å². The Morgan fingerprint density at radius 1 is 0.731 bits per heavy atom. The second kappa shape index (κ2) is 5.82. The van der Waals surface area contributed by atoms with Crippen LogP contribution in [0.1, 0.15) is 0 Å². The molecule has 2 nitrogen and oxygen atoms in total. The van der Waals surface area contributed by atoms with Gasteiger partial charge in [-0.1, -0.05) is 70.5 Å². The number of rotatable bonds is 1. The van der Waals surface area contributed by atoms with Crippen molar-refractivity contribution in [2.75, 3.05) is 0 Å². The van der Waals surface area contributed by atoms with E-state index in [0.717, 1.165) is 42.8 Å². The number of benzene rings is 4. The lowest BCUT2D eigenvalue weighted by molar-refractivity contribution is 0.482. The molecule has 5 rings (SSSR count). The van der Waals surface area contributed by atoms with Crippen molar-refractivity contribution in [2.45, 2.75) is 0 Å². The maximum absolute atomic E-state index is 10.7. The molecule has 0 saturated heterocycles. The summed E-state index contributed by atoms with van der Waals surface area (Å²) in [7, 11) is 0. The Labute approximate surface area is 158 Å². The molecular formula is C23H14BrNO. The number of phenolic OH excluding ortho intramolecular Hbond substituents is 1. The van der Waals surface area contributed by atoms with Gasteiger partial charge in [-0.3, -0.25) is 0 Å². The number of fused-ring (bicyclic) bond motifs is 5. The predicted molar refractivity (Wildman–Crippen MR) is 112 cm³/mol. The molecule has 0 aliphatic heterocycles. The van der Waals surface area contributed by atoms with Gasteiger partial charge in [0.15, 0.2) is 0 Å². The Morgan fingerprint density at radius 2 is 1.54 bits per heavy atom. The van der Waals surface area contributed by atoms with Crippen molar-refractivity contribution in [1.82, 2.24) is 4.98 Å². The summed E-state index contributed by atoms with van der Waals surface area (Å²) in [6.07, 6.45) is 0. The second-order valence-electron chi connectivity index (χ2n) is 6.35.